The van der Waals surface area contributed by atoms with Crippen LogP contribution in [-0.4, -0.2) is 40.0 Å². The molecule has 0 atom stereocenters. The van der Waals surface area contributed by atoms with Gasteiger partial charge in [0.1, 0.15) is 4.47 Å². The number of ether oxygens (including phenoxy) is 1. The molecule has 2 rings (SSSR count). The fraction of sp³-hybridized carbons (Fsp3) is 0.417. The largest absolute Gasteiger partial charge is 0.383 e. The molecule has 2 aromatic rings. The molecule has 0 amide bonds. The lowest BCUT2D eigenvalue weighted by molar-refractivity contribution is 0.181. The number of aromatic nitrogens is 4. The highest BCUT2D eigenvalue weighted by atomic mass is 79.9. The van der Waals surface area contributed by atoms with Crippen LogP contribution in [0.15, 0.2) is 28.0 Å². The molecule has 2 aromatic heterocycles. The van der Waals surface area contributed by atoms with Gasteiger partial charge in [-0.1, -0.05) is 0 Å². The Kier molecular flexibility index (Phi) is 5.31. The third-order valence-electron chi connectivity index (χ3n) is 2.76. The Hall–Kier alpha value is -1.67. The zero-order valence-electron chi connectivity index (χ0n) is 11.1. The molecule has 0 spiro atoms. The van der Waals surface area contributed by atoms with E-state index in [0.717, 1.165) is 12.1 Å². The van der Waals surface area contributed by atoms with E-state index in [4.69, 9.17) is 4.74 Å². The zero-order valence-corrected chi connectivity index (χ0v) is 12.7. The van der Waals surface area contributed by atoms with E-state index in [-0.39, 0.29) is 5.56 Å². The maximum absolute atomic E-state index is 12.0. The standard InChI is InChI=1S/C12H16BrN5O2/c1-20-5-4-18-12(19)11(13)10(7-17-18)15-3-2-9-6-14-8-16-9/h6-8,15H,2-5H2,1H3,(H,14,16). The van der Waals surface area contributed by atoms with Crippen molar-refractivity contribution in [3.63, 3.8) is 0 Å². The summed E-state index contributed by atoms with van der Waals surface area (Å²) in [4.78, 5) is 19.0. The molecule has 0 aliphatic carbocycles. The van der Waals surface area contributed by atoms with Crippen LogP contribution in [0.1, 0.15) is 5.69 Å². The fourth-order valence-electron chi connectivity index (χ4n) is 1.68. The Labute approximate surface area is 124 Å². The molecule has 20 heavy (non-hydrogen) atoms. The van der Waals surface area contributed by atoms with Crippen LogP contribution in [0.5, 0.6) is 0 Å². The Balaban J connectivity index is 1.98. The number of H-pyrrole nitrogens is 1. The number of hydrogen-bond acceptors (Lipinski definition) is 5. The van der Waals surface area contributed by atoms with Crippen LogP contribution in [0.4, 0.5) is 5.69 Å². The van der Waals surface area contributed by atoms with Crippen molar-refractivity contribution in [3.8, 4) is 0 Å². The normalized spacial score (nSPS) is 10.7. The molecule has 0 radical (unpaired) electrons. The number of nitrogens with one attached hydrogen (secondary N) is 2. The Morgan fingerprint density at radius 1 is 1.50 bits per heavy atom. The predicted molar refractivity (Wildman–Crippen MR) is 78.9 cm³/mol. The molecule has 0 aliphatic heterocycles. The maximum atomic E-state index is 12.0. The fourth-order valence-corrected chi connectivity index (χ4v) is 2.13. The van der Waals surface area contributed by atoms with Crippen LogP contribution in [0.25, 0.3) is 0 Å². The summed E-state index contributed by atoms with van der Waals surface area (Å²) in [5.41, 5.74) is 1.55. The van der Waals surface area contributed by atoms with Crippen LogP contribution in [0.3, 0.4) is 0 Å². The summed E-state index contributed by atoms with van der Waals surface area (Å²) in [6, 6.07) is 0. The smallest absolute Gasteiger partial charge is 0.283 e. The molecule has 0 saturated carbocycles. The van der Waals surface area contributed by atoms with Gasteiger partial charge in [-0.3, -0.25) is 4.79 Å². The van der Waals surface area contributed by atoms with Gasteiger partial charge in [-0.25, -0.2) is 9.67 Å². The topological polar surface area (TPSA) is 84.8 Å². The van der Waals surface area contributed by atoms with E-state index >= 15 is 0 Å². The van der Waals surface area contributed by atoms with E-state index in [9.17, 15) is 4.79 Å². The van der Waals surface area contributed by atoms with Crippen molar-refractivity contribution in [3.05, 3.63) is 39.2 Å². The average Bonchev–Trinajstić information content (AvgIpc) is 2.96. The SMILES string of the molecule is COCCn1ncc(NCCc2cnc[nH]2)c(Br)c1=O. The summed E-state index contributed by atoms with van der Waals surface area (Å²) in [7, 11) is 1.59. The monoisotopic (exact) mass is 341 g/mol. The highest BCUT2D eigenvalue weighted by Gasteiger charge is 2.08. The second kappa shape index (κ2) is 7.20. The van der Waals surface area contributed by atoms with Gasteiger partial charge in [-0.05, 0) is 15.9 Å². The Morgan fingerprint density at radius 2 is 2.35 bits per heavy atom. The van der Waals surface area contributed by atoms with E-state index in [1.807, 2.05) is 0 Å². The van der Waals surface area contributed by atoms with E-state index in [0.29, 0.717) is 29.9 Å². The molecular formula is C12H16BrN5O2. The third kappa shape index (κ3) is 3.67. The quantitative estimate of drug-likeness (QED) is 0.785. The van der Waals surface area contributed by atoms with Gasteiger partial charge in [0.25, 0.3) is 5.56 Å². The van der Waals surface area contributed by atoms with Gasteiger partial charge < -0.3 is 15.0 Å². The lowest BCUT2D eigenvalue weighted by atomic mass is 10.3. The van der Waals surface area contributed by atoms with Gasteiger partial charge in [-0.15, -0.1) is 0 Å². The van der Waals surface area contributed by atoms with Crippen LogP contribution in [-0.2, 0) is 17.7 Å². The van der Waals surface area contributed by atoms with Crippen molar-refractivity contribution < 1.29 is 4.74 Å². The van der Waals surface area contributed by atoms with Gasteiger partial charge in [0.05, 0.1) is 31.4 Å². The summed E-state index contributed by atoms with van der Waals surface area (Å²) in [6.45, 7) is 1.57. The zero-order chi connectivity index (χ0) is 14.4. The van der Waals surface area contributed by atoms with Crippen molar-refractivity contribution in [2.75, 3.05) is 25.6 Å². The van der Waals surface area contributed by atoms with Gasteiger partial charge in [-0.2, -0.15) is 5.10 Å². The first-order valence-electron chi connectivity index (χ1n) is 6.18. The molecule has 0 unspecified atom stereocenters. The first-order chi connectivity index (χ1) is 9.72. The molecule has 0 aromatic carbocycles. The highest BCUT2D eigenvalue weighted by molar-refractivity contribution is 9.10. The summed E-state index contributed by atoms with van der Waals surface area (Å²) in [6.07, 6.45) is 5.84. The molecule has 0 aliphatic rings. The van der Waals surface area contributed by atoms with Crippen molar-refractivity contribution in [1.82, 2.24) is 19.7 Å². The number of methoxy groups -OCH3 is 1. The number of anilines is 1. The minimum Gasteiger partial charge on any atom is -0.383 e. The molecule has 108 valence electrons. The van der Waals surface area contributed by atoms with Crippen molar-refractivity contribution >= 4 is 21.6 Å². The van der Waals surface area contributed by atoms with Crippen LogP contribution >= 0.6 is 15.9 Å². The Morgan fingerprint density at radius 3 is 3.05 bits per heavy atom. The molecular weight excluding hydrogens is 326 g/mol. The Bertz CT molecular complexity index is 596. The third-order valence-corrected chi connectivity index (χ3v) is 3.52. The van der Waals surface area contributed by atoms with Crippen LogP contribution in [0.2, 0.25) is 0 Å². The molecule has 0 fully saturated rings. The number of aromatic amines is 1. The molecule has 7 nitrogen and oxygen atoms in total. The first kappa shape index (κ1) is 14.7. The molecule has 8 heteroatoms. The van der Waals surface area contributed by atoms with Gasteiger partial charge in [0.15, 0.2) is 0 Å². The second-order valence-electron chi connectivity index (χ2n) is 4.15. The molecule has 0 saturated heterocycles. The lowest BCUT2D eigenvalue weighted by Gasteiger charge is -2.09. The van der Waals surface area contributed by atoms with Crippen molar-refractivity contribution in [2.24, 2.45) is 0 Å². The summed E-state index contributed by atoms with van der Waals surface area (Å²) in [5, 5.41) is 7.28. The molecule has 0 bridgehead atoms. The van der Waals surface area contributed by atoms with E-state index in [1.165, 1.54) is 4.68 Å². The summed E-state index contributed by atoms with van der Waals surface area (Å²) in [5.74, 6) is 0. The van der Waals surface area contributed by atoms with E-state index in [1.54, 1.807) is 25.8 Å². The number of imidazole rings is 1. The lowest BCUT2D eigenvalue weighted by Crippen LogP contribution is -2.26. The average molecular weight is 342 g/mol. The van der Waals surface area contributed by atoms with Gasteiger partial charge >= 0.3 is 0 Å². The number of halogens is 1. The first-order valence-corrected chi connectivity index (χ1v) is 6.97. The predicted octanol–water partition coefficient (Wildman–Crippen LogP) is 1.03. The van der Waals surface area contributed by atoms with Gasteiger partial charge in [0, 0.05) is 32.0 Å². The second-order valence-corrected chi connectivity index (χ2v) is 4.94. The van der Waals surface area contributed by atoms with Crippen LogP contribution < -0.4 is 10.9 Å². The number of hydrogen-bond donors (Lipinski definition) is 2. The minimum atomic E-state index is -0.173. The van der Waals surface area contributed by atoms with Gasteiger partial charge in [0.2, 0.25) is 0 Å². The van der Waals surface area contributed by atoms with E-state index < -0.39 is 0 Å². The minimum absolute atomic E-state index is 0.173. The number of nitrogens with zero attached hydrogens (tertiary/aromatic N) is 3. The number of rotatable bonds is 7. The molecule has 2 heterocycles. The van der Waals surface area contributed by atoms with E-state index in [2.05, 4.69) is 36.3 Å². The summed E-state index contributed by atoms with van der Waals surface area (Å²) >= 11 is 3.31. The maximum Gasteiger partial charge on any atom is 0.283 e. The highest BCUT2D eigenvalue weighted by Crippen LogP contribution is 2.15. The van der Waals surface area contributed by atoms with Crippen molar-refractivity contribution in [1.29, 1.82) is 0 Å². The van der Waals surface area contributed by atoms with Crippen LogP contribution in [0, 0.1) is 0 Å². The summed E-state index contributed by atoms with van der Waals surface area (Å²) < 4.78 is 6.79. The molecule has 2 N–H and O–H groups in total. The van der Waals surface area contributed by atoms with Crippen molar-refractivity contribution in [2.45, 2.75) is 13.0 Å².